The first-order valence-corrected chi connectivity index (χ1v) is 5.07. The van der Waals surface area contributed by atoms with Gasteiger partial charge in [0.15, 0.2) is 0 Å². The summed E-state index contributed by atoms with van der Waals surface area (Å²) in [5.41, 5.74) is 0. The van der Waals surface area contributed by atoms with Crippen LogP contribution < -0.4 is 0 Å². The van der Waals surface area contributed by atoms with E-state index in [-0.39, 0.29) is 6.04 Å². The zero-order valence-electron chi connectivity index (χ0n) is 9.13. The first-order chi connectivity index (χ1) is 6.02. The molecule has 0 amide bonds. The second-order valence-corrected chi connectivity index (χ2v) is 4.42. The van der Waals surface area contributed by atoms with Crippen LogP contribution in [0.1, 0.15) is 20.3 Å². The molecule has 0 saturated carbocycles. The third kappa shape index (κ3) is 2.64. The smallest absolute Gasteiger partial charge is 0.128 e. The fourth-order valence-corrected chi connectivity index (χ4v) is 1.97. The van der Waals surface area contributed by atoms with Crippen molar-refractivity contribution in [2.24, 2.45) is 0 Å². The van der Waals surface area contributed by atoms with Crippen LogP contribution in [0.2, 0.25) is 0 Å². The molecule has 2 nitrogen and oxygen atoms in total. The van der Waals surface area contributed by atoms with Gasteiger partial charge in [-0.25, -0.2) is 4.39 Å². The molecule has 0 N–H and O–H groups in total. The van der Waals surface area contributed by atoms with E-state index in [0.29, 0.717) is 12.6 Å². The van der Waals surface area contributed by atoms with Crippen molar-refractivity contribution in [3.63, 3.8) is 0 Å². The van der Waals surface area contributed by atoms with E-state index in [2.05, 4.69) is 18.7 Å². The van der Waals surface area contributed by atoms with Crippen LogP contribution in [0.15, 0.2) is 0 Å². The quantitative estimate of drug-likeness (QED) is 0.646. The molecule has 0 aromatic carbocycles. The van der Waals surface area contributed by atoms with Crippen molar-refractivity contribution in [3.8, 4) is 0 Å². The third-order valence-corrected chi connectivity index (χ3v) is 2.93. The van der Waals surface area contributed by atoms with E-state index in [0.717, 1.165) is 13.0 Å². The molecule has 2 atom stereocenters. The van der Waals surface area contributed by atoms with Gasteiger partial charge in [-0.1, -0.05) is 0 Å². The zero-order valence-corrected chi connectivity index (χ0v) is 9.13. The van der Waals surface area contributed by atoms with E-state index >= 15 is 0 Å². The normalized spacial score (nSPS) is 31.6. The number of nitrogens with zero attached hydrogens (tertiary/aromatic N) is 2. The summed E-state index contributed by atoms with van der Waals surface area (Å²) in [5, 5.41) is 0. The van der Waals surface area contributed by atoms with Gasteiger partial charge >= 0.3 is 0 Å². The molecule has 1 fully saturated rings. The van der Waals surface area contributed by atoms with Gasteiger partial charge in [0.1, 0.15) is 6.17 Å². The van der Waals surface area contributed by atoms with Crippen molar-refractivity contribution in [2.75, 3.05) is 27.2 Å². The lowest BCUT2D eigenvalue weighted by atomic mass is 10.0. The monoisotopic (exact) mass is 188 g/mol. The lowest BCUT2D eigenvalue weighted by Crippen LogP contribution is -2.52. The van der Waals surface area contributed by atoms with Gasteiger partial charge in [0.05, 0.1) is 0 Å². The minimum Gasteiger partial charge on any atom is -0.303 e. The Morgan fingerprint density at radius 1 is 1.38 bits per heavy atom. The molecule has 1 rings (SSSR count). The molecule has 0 aromatic rings. The number of likely N-dealkylation sites (tertiary alicyclic amines) is 1. The maximum absolute atomic E-state index is 13.6. The van der Waals surface area contributed by atoms with Crippen molar-refractivity contribution < 1.29 is 4.39 Å². The van der Waals surface area contributed by atoms with E-state index in [1.807, 2.05) is 19.0 Å². The van der Waals surface area contributed by atoms with Gasteiger partial charge < -0.3 is 4.90 Å². The molecule has 2 unspecified atom stereocenters. The Bertz CT molecular complexity index is 159. The van der Waals surface area contributed by atoms with E-state index in [1.54, 1.807) is 0 Å². The molecule has 0 radical (unpaired) electrons. The van der Waals surface area contributed by atoms with Crippen molar-refractivity contribution in [2.45, 2.75) is 38.5 Å². The third-order valence-electron chi connectivity index (χ3n) is 2.93. The van der Waals surface area contributed by atoms with Crippen LogP contribution in [0.5, 0.6) is 0 Å². The van der Waals surface area contributed by atoms with Crippen molar-refractivity contribution in [1.29, 1.82) is 0 Å². The highest BCUT2D eigenvalue weighted by Gasteiger charge is 2.31. The number of rotatable bonds is 2. The molecule has 3 heteroatoms. The maximum atomic E-state index is 13.6. The Balaban J connectivity index is 2.46. The van der Waals surface area contributed by atoms with Gasteiger partial charge in [-0.05, 0) is 34.4 Å². The Morgan fingerprint density at radius 3 is 2.38 bits per heavy atom. The minimum atomic E-state index is -0.689. The SMILES string of the molecule is CC(C)N1CCC(N(C)C)C(F)C1. The van der Waals surface area contributed by atoms with Gasteiger partial charge in [0, 0.05) is 25.2 Å². The second kappa shape index (κ2) is 4.38. The first-order valence-electron chi connectivity index (χ1n) is 5.07. The van der Waals surface area contributed by atoms with Crippen LogP contribution >= 0.6 is 0 Å². The summed E-state index contributed by atoms with van der Waals surface area (Å²) in [5.74, 6) is 0. The Morgan fingerprint density at radius 2 is 2.00 bits per heavy atom. The van der Waals surface area contributed by atoms with Gasteiger partial charge in [-0.15, -0.1) is 0 Å². The molecule has 13 heavy (non-hydrogen) atoms. The largest absolute Gasteiger partial charge is 0.303 e. The van der Waals surface area contributed by atoms with E-state index < -0.39 is 6.17 Å². The predicted octanol–water partition coefficient (Wildman–Crippen LogP) is 1.37. The molecule has 78 valence electrons. The molecular weight excluding hydrogens is 167 g/mol. The van der Waals surface area contributed by atoms with Gasteiger partial charge in [0.25, 0.3) is 0 Å². The standard InChI is InChI=1S/C10H21FN2/c1-8(2)13-6-5-10(12(3)4)9(11)7-13/h8-10H,5-7H2,1-4H3. The molecule has 1 saturated heterocycles. The van der Waals surface area contributed by atoms with E-state index in [9.17, 15) is 4.39 Å². The van der Waals surface area contributed by atoms with Crippen LogP contribution in [-0.2, 0) is 0 Å². The first kappa shape index (κ1) is 10.9. The second-order valence-electron chi connectivity index (χ2n) is 4.42. The fraction of sp³-hybridized carbons (Fsp3) is 1.00. The summed E-state index contributed by atoms with van der Waals surface area (Å²) >= 11 is 0. The highest BCUT2D eigenvalue weighted by atomic mass is 19.1. The van der Waals surface area contributed by atoms with E-state index in [1.165, 1.54) is 0 Å². The van der Waals surface area contributed by atoms with Crippen LogP contribution in [0.3, 0.4) is 0 Å². The lowest BCUT2D eigenvalue weighted by molar-refractivity contribution is 0.0435. The Kier molecular flexibility index (Phi) is 3.68. The van der Waals surface area contributed by atoms with Crippen LogP contribution in [0.4, 0.5) is 4.39 Å². The van der Waals surface area contributed by atoms with Crippen LogP contribution in [0, 0.1) is 0 Å². The summed E-state index contributed by atoms with van der Waals surface area (Å²) in [6, 6.07) is 0.594. The molecule has 0 aliphatic carbocycles. The molecular formula is C10H21FN2. The number of halogens is 1. The number of alkyl halides is 1. The van der Waals surface area contributed by atoms with Crippen LogP contribution in [-0.4, -0.2) is 55.2 Å². The Hall–Kier alpha value is -0.150. The highest BCUT2D eigenvalue weighted by molar-refractivity contribution is 4.86. The van der Waals surface area contributed by atoms with Gasteiger partial charge in [-0.2, -0.15) is 0 Å². The van der Waals surface area contributed by atoms with E-state index in [4.69, 9.17) is 0 Å². The number of hydrogen-bond acceptors (Lipinski definition) is 2. The maximum Gasteiger partial charge on any atom is 0.128 e. The topological polar surface area (TPSA) is 6.48 Å². The molecule has 0 bridgehead atoms. The molecule has 0 aromatic heterocycles. The number of hydrogen-bond donors (Lipinski definition) is 0. The fourth-order valence-electron chi connectivity index (χ4n) is 1.97. The number of piperidine rings is 1. The Labute approximate surface area is 80.7 Å². The average molecular weight is 188 g/mol. The highest BCUT2D eigenvalue weighted by Crippen LogP contribution is 2.19. The summed E-state index contributed by atoms with van der Waals surface area (Å²) in [4.78, 5) is 4.22. The molecule has 1 aliphatic rings. The molecule has 1 heterocycles. The summed E-state index contributed by atoms with van der Waals surface area (Å²) in [6.07, 6.45) is 0.262. The van der Waals surface area contributed by atoms with Crippen molar-refractivity contribution in [1.82, 2.24) is 9.80 Å². The lowest BCUT2D eigenvalue weighted by Gasteiger charge is -2.39. The summed E-state index contributed by atoms with van der Waals surface area (Å²) < 4.78 is 13.6. The average Bonchev–Trinajstić information content (AvgIpc) is 2.03. The van der Waals surface area contributed by atoms with Crippen molar-refractivity contribution in [3.05, 3.63) is 0 Å². The van der Waals surface area contributed by atoms with Gasteiger partial charge in [-0.3, -0.25) is 4.90 Å². The van der Waals surface area contributed by atoms with Gasteiger partial charge in [0.2, 0.25) is 0 Å². The summed E-state index contributed by atoms with van der Waals surface area (Å²) in [7, 11) is 3.92. The molecule has 1 aliphatic heterocycles. The van der Waals surface area contributed by atoms with Crippen LogP contribution in [0.25, 0.3) is 0 Å². The van der Waals surface area contributed by atoms with Crippen molar-refractivity contribution >= 4 is 0 Å². The minimum absolute atomic E-state index is 0.120. The predicted molar refractivity (Wildman–Crippen MR) is 53.7 cm³/mol. The zero-order chi connectivity index (χ0) is 10.0. The molecule has 0 spiro atoms. The summed E-state index contributed by atoms with van der Waals surface area (Å²) in [6.45, 7) is 5.88.